The molecule has 1 rings (SSSR count). The summed E-state index contributed by atoms with van der Waals surface area (Å²) in [7, 11) is 4.50. The summed E-state index contributed by atoms with van der Waals surface area (Å²) < 4.78 is 0. The van der Waals surface area contributed by atoms with Gasteiger partial charge in [-0.15, -0.1) is 12.4 Å². The highest BCUT2D eigenvalue weighted by atomic mass is 35.5. The largest absolute Gasteiger partial charge is 0.306 e. The third-order valence-electron chi connectivity index (χ3n) is 6.62. The summed E-state index contributed by atoms with van der Waals surface area (Å²) in [5.74, 6) is 0. The second-order valence-corrected chi connectivity index (χ2v) is 10.1. The van der Waals surface area contributed by atoms with E-state index >= 15 is 0 Å². The van der Waals surface area contributed by atoms with E-state index in [1.54, 1.807) is 0 Å². The first-order chi connectivity index (χ1) is 14.5. The lowest BCUT2D eigenvalue weighted by molar-refractivity contribution is 0.269. The Morgan fingerprint density at radius 3 is 1.39 bits per heavy atom. The Balaban J connectivity index is 0.00000900. The Morgan fingerprint density at radius 2 is 1.00 bits per heavy atom. The molecule has 182 valence electrons. The number of likely N-dealkylation sites (N-methyl/N-ethyl adjacent to an activating group) is 1. The van der Waals surface area contributed by atoms with E-state index in [2.05, 4.69) is 58.0 Å². The van der Waals surface area contributed by atoms with Gasteiger partial charge in [0.2, 0.25) is 0 Å². The Kier molecular flexibility index (Phi) is 19.8. The Labute approximate surface area is 202 Å². The van der Waals surface area contributed by atoms with E-state index in [9.17, 15) is 0 Å². The van der Waals surface area contributed by atoms with Crippen LogP contribution in [0.2, 0.25) is 0 Å². The molecular formula is C29H54ClN. The second-order valence-electron chi connectivity index (χ2n) is 10.1. The average molecular weight is 452 g/mol. The van der Waals surface area contributed by atoms with Crippen molar-refractivity contribution in [3.8, 4) is 0 Å². The van der Waals surface area contributed by atoms with Crippen LogP contribution in [0.5, 0.6) is 0 Å². The van der Waals surface area contributed by atoms with Gasteiger partial charge in [0.05, 0.1) is 0 Å². The molecule has 0 amide bonds. The van der Waals surface area contributed by atoms with Crippen LogP contribution in [0.3, 0.4) is 0 Å². The van der Waals surface area contributed by atoms with Crippen molar-refractivity contribution < 1.29 is 0 Å². The van der Waals surface area contributed by atoms with E-state index in [1.807, 2.05) is 0 Å². The van der Waals surface area contributed by atoms with Crippen LogP contribution in [0.15, 0.2) is 18.2 Å². The number of halogens is 1. The molecule has 1 aromatic rings. The molecule has 1 aromatic carbocycles. The van der Waals surface area contributed by atoms with Crippen LogP contribution in [0.4, 0.5) is 0 Å². The minimum absolute atomic E-state index is 0. The van der Waals surface area contributed by atoms with Gasteiger partial charge in [0.25, 0.3) is 0 Å². The predicted molar refractivity (Wildman–Crippen MR) is 144 cm³/mol. The zero-order chi connectivity index (χ0) is 22.0. The second kappa shape index (κ2) is 20.1. The van der Waals surface area contributed by atoms with Gasteiger partial charge in [0.15, 0.2) is 0 Å². The number of hydrogen-bond donors (Lipinski definition) is 0. The van der Waals surface area contributed by atoms with Gasteiger partial charge in [-0.3, -0.25) is 0 Å². The molecule has 0 saturated carbocycles. The maximum Gasteiger partial charge on any atom is 0.0130 e. The Bertz CT molecular complexity index is 505. The van der Waals surface area contributed by atoms with Gasteiger partial charge in [0.1, 0.15) is 0 Å². The molecule has 0 spiro atoms. The van der Waals surface area contributed by atoms with E-state index in [4.69, 9.17) is 0 Å². The summed E-state index contributed by atoms with van der Waals surface area (Å²) >= 11 is 0. The first-order valence-electron chi connectivity index (χ1n) is 13.3. The van der Waals surface area contributed by atoms with Crippen molar-refractivity contribution in [3.63, 3.8) is 0 Å². The van der Waals surface area contributed by atoms with E-state index in [0.717, 1.165) is 0 Å². The first-order valence-corrected chi connectivity index (χ1v) is 13.3. The highest BCUT2D eigenvalue weighted by molar-refractivity contribution is 5.85. The molecule has 0 fully saturated rings. The molecule has 0 aliphatic rings. The van der Waals surface area contributed by atoms with Gasteiger partial charge in [-0.1, -0.05) is 133 Å². The molecular weight excluding hydrogens is 398 g/mol. The molecule has 0 saturated heterocycles. The minimum Gasteiger partial charge on any atom is -0.306 e. The molecule has 1 unspecified atom stereocenters. The van der Waals surface area contributed by atoms with Crippen molar-refractivity contribution in [1.29, 1.82) is 0 Å². The molecule has 31 heavy (non-hydrogen) atoms. The van der Waals surface area contributed by atoms with Crippen LogP contribution >= 0.6 is 12.4 Å². The summed E-state index contributed by atoms with van der Waals surface area (Å²) in [4.78, 5) is 2.43. The monoisotopic (exact) mass is 451 g/mol. The van der Waals surface area contributed by atoms with Gasteiger partial charge in [0, 0.05) is 6.04 Å². The molecule has 0 N–H and O–H groups in total. The van der Waals surface area contributed by atoms with Crippen molar-refractivity contribution >= 4 is 12.4 Å². The predicted octanol–water partition coefficient (Wildman–Crippen LogP) is 9.46. The third-order valence-corrected chi connectivity index (χ3v) is 6.62. The van der Waals surface area contributed by atoms with Crippen LogP contribution in [0.1, 0.15) is 126 Å². The lowest BCUT2D eigenvalue weighted by Crippen LogP contribution is -2.30. The normalized spacial score (nSPS) is 12.2. The van der Waals surface area contributed by atoms with E-state index in [-0.39, 0.29) is 12.4 Å². The van der Waals surface area contributed by atoms with E-state index in [0.29, 0.717) is 6.04 Å². The van der Waals surface area contributed by atoms with E-state index in [1.165, 1.54) is 126 Å². The highest BCUT2D eigenvalue weighted by Crippen LogP contribution is 2.18. The lowest BCUT2D eigenvalue weighted by Gasteiger charge is -2.25. The maximum atomic E-state index is 2.43. The fraction of sp³-hybridized carbons (Fsp3) is 0.793. The van der Waals surface area contributed by atoms with Crippen LogP contribution in [-0.4, -0.2) is 25.0 Å². The molecule has 0 aromatic heterocycles. The lowest BCUT2D eigenvalue weighted by atomic mass is 9.96. The fourth-order valence-electron chi connectivity index (χ4n) is 4.75. The van der Waals surface area contributed by atoms with Crippen LogP contribution in [-0.2, 0) is 6.42 Å². The average Bonchev–Trinajstić information content (AvgIpc) is 2.69. The van der Waals surface area contributed by atoms with Gasteiger partial charge < -0.3 is 4.90 Å². The smallest absolute Gasteiger partial charge is 0.0130 e. The summed E-state index contributed by atoms with van der Waals surface area (Å²) in [6.45, 7) is 6.74. The zero-order valence-electron chi connectivity index (χ0n) is 21.7. The Morgan fingerprint density at radius 1 is 0.613 bits per heavy atom. The maximum absolute atomic E-state index is 2.43. The van der Waals surface area contributed by atoms with Crippen molar-refractivity contribution in [1.82, 2.24) is 4.90 Å². The van der Waals surface area contributed by atoms with Crippen molar-refractivity contribution in [2.24, 2.45) is 0 Å². The zero-order valence-corrected chi connectivity index (χ0v) is 22.5. The number of aryl methyl sites for hydroxylation is 2. The van der Waals surface area contributed by atoms with Crippen molar-refractivity contribution in [2.75, 3.05) is 14.1 Å². The molecule has 0 aliphatic carbocycles. The van der Waals surface area contributed by atoms with Crippen molar-refractivity contribution in [2.45, 2.75) is 136 Å². The molecule has 1 nitrogen and oxygen atoms in total. The standard InChI is InChI=1S/C29H53N.ClH/c1-6-7-8-9-10-11-12-13-14-15-16-17-18-19-20-21-29(30(4)5)25-28-23-26(2)22-27(3)24-28;/h22-24,29H,6-21,25H2,1-5H3;1H. The number of hydrogen-bond acceptors (Lipinski definition) is 1. The summed E-state index contributed by atoms with van der Waals surface area (Å²) in [6, 6.07) is 7.70. The van der Waals surface area contributed by atoms with Gasteiger partial charge in [-0.05, 0) is 46.3 Å². The Hall–Kier alpha value is -0.530. The molecule has 0 radical (unpaired) electrons. The number of nitrogens with zero attached hydrogens (tertiary/aromatic N) is 1. The van der Waals surface area contributed by atoms with Gasteiger partial charge in [-0.2, -0.15) is 0 Å². The molecule has 1 atom stereocenters. The molecule has 0 heterocycles. The van der Waals surface area contributed by atoms with Gasteiger partial charge in [-0.25, -0.2) is 0 Å². The third kappa shape index (κ3) is 16.7. The quantitative estimate of drug-likeness (QED) is 0.189. The van der Waals surface area contributed by atoms with Crippen LogP contribution < -0.4 is 0 Å². The van der Waals surface area contributed by atoms with Crippen molar-refractivity contribution in [3.05, 3.63) is 34.9 Å². The topological polar surface area (TPSA) is 3.24 Å². The molecule has 0 bridgehead atoms. The molecule has 0 aliphatic heterocycles. The number of benzene rings is 1. The van der Waals surface area contributed by atoms with Crippen LogP contribution in [0.25, 0.3) is 0 Å². The molecule has 2 heteroatoms. The summed E-state index contributed by atoms with van der Waals surface area (Å²) in [5.41, 5.74) is 4.30. The fourth-order valence-corrected chi connectivity index (χ4v) is 4.75. The van der Waals surface area contributed by atoms with Gasteiger partial charge >= 0.3 is 0 Å². The highest BCUT2D eigenvalue weighted by Gasteiger charge is 2.12. The minimum atomic E-state index is 0. The summed E-state index contributed by atoms with van der Waals surface area (Å²) in [6.07, 6.45) is 24.2. The number of unbranched alkanes of at least 4 members (excludes halogenated alkanes) is 14. The summed E-state index contributed by atoms with van der Waals surface area (Å²) in [5, 5.41) is 0. The van der Waals surface area contributed by atoms with Crippen LogP contribution in [0, 0.1) is 13.8 Å². The first kappa shape index (κ1) is 30.5. The SMILES string of the molecule is CCCCCCCCCCCCCCCCCC(Cc1cc(C)cc(C)c1)N(C)C.Cl. The van der Waals surface area contributed by atoms with E-state index < -0.39 is 0 Å². The number of rotatable bonds is 19.